The van der Waals surface area contributed by atoms with Crippen LogP contribution < -0.4 is 10.2 Å². The van der Waals surface area contributed by atoms with Gasteiger partial charge in [0.2, 0.25) is 0 Å². The zero-order valence-corrected chi connectivity index (χ0v) is 10.7. The van der Waals surface area contributed by atoms with Crippen molar-refractivity contribution in [1.82, 2.24) is 4.90 Å². The fraction of sp³-hybridized carbons (Fsp3) is 0.538. The summed E-state index contributed by atoms with van der Waals surface area (Å²) in [6.45, 7) is 1.83. The maximum atomic E-state index is 8.99. The van der Waals surface area contributed by atoms with Gasteiger partial charge in [0, 0.05) is 6.04 Å². The molecule has 0 aliphatic carbocycles. The third-order valence-corrected chi connectivity index (χ3v) is 3.54. The van der Waals surface area contributed by atoms with E-state index in [1.807, 2.05) is 0 Å². The van der Waals surface area contributed by atoms with Crippen LogP contribution in [0.3, 0.4) is 0 Å². The van der Waals surface area contributed by atoms with Gasteiger partial charge >= 0.3 is 7.12 Å². The molecule has 0 bridgehead atoms. The van der Waals surface area contributed by atoms with Crippen LogP contribution >= 0.6 is 0 Å². The van der Waals surface area contributed by atoms with Crippen molar-refractivity contribution in [3.63, 3.8) is 0 Å². The molecule has 1 aliphatic heterocycles. The molecule has 0 aromatic heterocycles. The Morgan fingerprint density at radius 3 is 2.61 bits per heavy atom. The maximum absolute atomic E-state index is 8.99. The van der Waals surface area contributed by atoms with E-state index in [0.717, 1.165) is 12.3 Å². The number of hydrogen-bond acceptors (Lipinski definition) is 4. The molecular weight excluding hydrogens is 229 g/mol. The van der Waals surface area contributed by atoms with E-state index in [4.69, 9.17) is 14.8 Å². The molecule has 4 nitrogen and oxygen atoms in total. The van der Waals surface area contributed by atoms with Crippen LogP contribution in [-0.2, 0) is 0 Å². The fourth-order valence-electron chi connectivity index (χ4n) is 2.28. The Hall–Kier alpha value is -1.04. The van der Waals surface area contributed by atoms with Crippen molar-refractivity contribution in [1.29, 1.82) is 0 Å². The van der Waals surface area contributed by atoms with Gasteiger partial charge in [-0.25, -0.2) is 0 Å². The highest BCUT2D eigenvalue weighted by Gasteiger charge is 2.19. The van der Waals surface area contributed by atoms with Crippen molar-refractivity contribution in [2.24, 2.45) is 0 Å². The number of nitrogens with zero attached hydrogens (tertiary/aromatic N) is 1. The van der Waals surface area contributed by atoms with Gasteiger partial charge in [-0.2, -0.15) is 0 Å². The number of likely N-dealkylation sites (tertiary alicyclic amines) is 1. The molecule has 2 rings (SSSR count). The first-order chi connectivity index (χ1) is 8.66. The van der Waals surface area contributed by atoms with E-state index in [-0.39, 0.29) is 0 Å². The van der Waals surface area contributed by atoms with E-state index in [9.17, 15) is 0 Å². The minimum absolute atomic E-state index is 0.483. The van der Waals surface area contributed by atoms with Gasteiger partial charge in [-0.15, -0.1) is 0 Å². The van der Waals surface area contributed by atoms with Gasteiger partial charge in [0.1, 0.15) is 12.4 Å². The van der Waals surface area contributed by atoms with Gasteiger partial charge in [-0.05, 0) is 44.0 Å². The van der Waals surface area contributed by atoms with Crippen molar-refractivity contribution in [2.75, 3.05) is 20.2 Å². The van der Waals surface area contributed by atoms with E-state index in [1.54, 1.807) is 24.3 Å². The zero-order chi connectivity index (χ0) is 13.0. The molecule has 0 amide bonds. The van der Waals surface area contributed by atoms with Crippen LogP contribution in [0.25, 0.3) is 0 Å². The molecule has 1 heterocycles. The maximum Gasteiger partial charge on any atom is 0.488 e. The Bertz CT molecular complexity index is 369. The van der Waals surface area contributed by atoms with Gasteiger partial charge in [-0.1, -0.05) is 18.6 Å². The number of rotatable bonds is 4. The third kappa shape index (κ3) is 3.48. The lowest BCUT2D eigenvalue weighted by Crippen LogP contribution is -2.40. The van der Waals surface area contributed by atoms with E-state index >= 15 is 0 Å². The number of likely N-dealkylation sites (N-methyl/N-ethyl adjacent to an activating group) is 1. The average Bonchev–Trinajstić information content (AvgIpc) is 2.38. The van der Waals surface area contributed by atoms with Gasteiger partial charge < -0.3 is 19.7 Å². The normalized spacial score (nSPS) is 20.7. The minimum atomic E-state index is -1.41. The van der Waals surface area contributed by atoms with E-state index in [0.29, 0.717) is 18.1 Å². The molecule has 1 aliphatic rings. The van der Waals surface area contributed by atoms with Crippen molar-refractivity contribution in [3.8, 4) is 5.75 Å². The molecule has 0 saturated carbocycles. The molecule has 1 fully saturated rings. The largest absolute Gasteiger partial charge is 0.492 e. The van der Waals surface area contributed by atoms with Gasteiger partial charge in [0.05, 0.1) is 0 Å². The van der Waals surface area contributed by atoms with Gasteiger partial charge in [0.25, 0.3) is 0 Å². The van der Waals surface area contributed by atoms with Crippen molar-refractivity contribution < 1.29 is 14.8 Å². The number of ether oxygens (including phenoxy) is 1. The van der Waals surface area contributed by atoms with Crippen LogP contribution in [0.5, 0.6) is 5.75 Å². The highest BCUT2D eigenvalue weighted by molar-refractivity contribution is 6.58. The molecule has 1 atom stereocenters. The molecule has 1 aromatic carbocycles. The fourth-order valence-corrected chi connectivity index (χ4v) is 2.28. The van der Waals surface area contributed by atoms with Gasteiger partial charge in [0.15, 0.2) is 0 Å². The topological polar surface area (TPSA) is 52.9 Å². The van der Waals surface area contributed by atoms with E-state index < -0.39 is 7.12 Å². The first-order valence-electron chi connectivity index (χ1n) is 6.46. The second-order valence-corrected chi connectivity index (χ2v) is 4.88. The van der Waals surface area contributed by atoms with Crippen molar-refractivity contribution in [2.45, 2.75) is 25.3 Å². The standard InChI is InChI=1S/C13H20BNO3/c1-15-9-3-2-4-12(15)10-18-13-7-5-11(6-8-13)14(16)17/h5-8,12,16-17H,2-4,9-10H2,1H3/t12-/m1/s1. The Morgan fingerprint density at radius 1 is 1.28 bits per heavy atom. The van der Waals surface area contributed by atoms with Crippen LogP contribution in [0.4, 0.5) is 0 Å². The lowest BCUT2D eigenvalue weighted by molar-refractivity contribution is 0.125. The zero-order valence-electron chi connectivity index (χ0n) is 10.7. The summed E-state index contributed by atoms with van der Waals surface area (Å²) in [5.74, 6) is 0.776. The second kappa shape index (κ2) is 6.23. The Morgan fingerprint density at radius 2 is 2.00 bits per heavy atom. The summed E-state index contributed by atoms with van der Waals surface area (Å²) in [5, 5.41) is 18.0. The van der Waals surface area contributed by atoms with Crippen molar-refractivity contribution >= 4 is 12.6 Å². The van der Waals surface area contributed by atoms with Crippen molar-refractivity contribution in [3.05, 3.63) is 24.3 Å². The monoisotopic (exact) mass is 249 g/mol. The summed E-state index contributed by atoms with van der Waals surface area (Å²) in [6.07, 6.45) is 3.73. The average molecular weight is 249 g/mol. The Kier molecular flexibility index (Phi) is 4.63. The molecule has 2 N–H and O–H groups in total. The predicted molar refractivity (Wildman–Crippen MR) is 72.0 cm³/mol. The number of piperidine rings is 1. The molecular formula is C13H20BNO3. The quantitative estimate of drug-likeness (QED) is 0.750. The highest BCUT2D eigenvalue weighted by atomic mass is 16.5. The molecule has 18 heavy (non-hydrogen) atoms. The van der Waals surface area contributed by atoms with E-state index in [1.165, 1.54) is 19.3 Å². The molecule has 0 spiro atoms. The van der Waals surface area contributed by atoms with Crippen LogP contribution in [0.2, 0.25) is 0 Å². The lowest BCUT2D eigenvalue weighted by atomic mass is 9.80. The third-order valence-electron chi connectivity index (χ3n) is 3.54. The van der Waals surface area contributed by atoms with Crippen LogP contribution in [0, 0.1) is 0 Å². The van der Waals surface area contributed by atoms with Gasteiger partial charge in [-0.3, -0.25) is 0 Å². The number of benzene rings is 1. The molecule has 1 saturated heterocycles. The second-order valence-electron chi connectivity index (χ2n) is 4.88. The number of hydrogen-bond donors (Lipinski definition) is 2. The summed E-state index contributed by atoms with van der Waals surface area (Å²) in [6, 6.07) is 7.38. The van der Waals surface area contributed by atoms with Crippen LogP contribution in [-0.4, -0.2) is 48.3 Å². The summed E-state index contributed by atoms with van der Waals surface area (Å²) in [7, 11) is 0.724. The summed E-state index contributed by atoms with van der Waals surface area (Å²) in [5.41, 5.74) is 0.483. The molecule has 1 aromatic rings. The summed E-state index contributed by atoms with van der Waals surface area (Å²) in [4.78, 5) is 2.34. The summed E-state index contributed by atoms with van der Waals surface area (Å²) < 4.78 is 5.75. The molecule has 0 radical (unpaired) electrons. The highest BCUT2D eigenvalue weighted by Crippen LogP contribution is 2.16. The Labute approximate surface area is 108 Å². The minimum Gasteiger partial charge on any atom is -0.492 e. The molecule has 0 unspecified atom stereocenters. The lowest BCUT2D eigenvalue weighted by Gasteiger charge is -2.32. The Balaban J connectivity index is 1.85. The molecule has 98 valence electrons. The predicted octanol–water partition coefficient (Wildman–Crippen LogP) is 0.229. The first-order valence-corrected chi connectivity index (χ1v) is 6.46. The first kappa shape index (κ1) is 13.4. The molecule has 5 heteroatoms. The van der Waals surface area contributed by atoms with E-state index in [2.05, 4.69) is 11.9 Å². The summed E-state index contributed by atoms with van der Waals surface area (Å²) >= 11 is 0. The van der Waals surface area contributed by atoms with Crippen LogP contribution in [0.15, 0.2) is 24.3 Å². The SMILES string of the molecule is CN1CCCC[C@@H]1COc1ccc(B(O)O)cc1. The smallest absolute Gasteiger partial charge is 0.488 e. The van der Waals surface area contributed by atoms with Crippen LogP contribution in [0.1, 0.15) is 19.3 Å².